The number of halogens is 2. The Balaban J connectivity index is 0.00000265. The maximum absolute atomic E-state index is 3.98. The molecule has 4 heteroatoms. The van der Waals surface area contributed by atoms with Gasteiger partial charge in [-0.05, 0) is 0 Å². The van der Waals surface area contributed by atoms with Crippen molar-refractivity contribution in [2.45, 2.75) is 195 Å². The maximum atomic E-state index is 2.98. The first-order valence-corrected chi connectivity index (χ1v) is 43.5. The molecular formula is C68H88Cl2SiZr. The van der Waals surface area contributed by atoms with Crippen molar-refractivity contribution >= 4 is 43.8 Å². The molecule has 0 saturated heterocycles. The van der Waals surface area contributed by atoms with Crippen LogP contribution in [-0.2, 0) is 28.2 Å². The van der Waals surface area contributed by atoms with Crippen LogP contribution in [0.1, 0.15) is 206 Å². The summed E-state index contributed by atoms with van der Waals surface area (Å²) in [6, 6.07) is 31.4. The standard InChI is InChI=1S/2C33H39.2CH3.2ClH.H2Si.Zr/c2*1-22-11-29-17-24(13-23-5-3-2-4-6-23)18-32(29)31(12-22)28-7-9-30(10-8-28)33-19-25-14-26(20-33)16-27(15-25)21-33;;;;;;/h2*7-12,17-18,23,25-27H,2-6,13-16,19-21H2,1H3;2*1H3;2*1H;1H2;. The van der Waals surface area contributed by atoms with E-state index in [2.05, 4.69) is 115 Å². The van der Waals surface area contributed by atoms with Crippen molar-refractivity contribution in [3.8, 4) is 22.3 Å². The van der Waals surface area contributed by atoms with Crippen molar-refractivity contribution in [1.82, 2.24) is 0 Å². The van der Waals surface area contributed by atoms with Gasteiger partial charge in [0.1, 0.15) is 0 Å². The van der Waals surface area contributed by atoms with E-state index in [1.165, 1.54) is 187 Å². The monoisotopic (exact) mass is 1090 g/mol. The van der Waals surface area contributed by atoms with Gasteiger partial charge in [0, 0.05) is 0 Å². The van der Waals surface area contributed by atoms with Gasteiger partial charge in [-0.3, -0.25) is 0 Å². The molecule has 16 rings (SSSR count). The molecule has 10 saturated carbocycles. The van der Waals surface area contributed by atoms with Crippen LogP contribution >= 0.6 is 24.8 Å². The second-order valence-electron chi connectivity index (χ2n) is 28.8. The van der Waals surface area contributed by atoms with E-state index in [9.17, 15) is 0 Å². The summed E-state index contributed by atoms with van der Waals surface area (Å²) >= 11 is -3.98. The van der Waals surface area contributed by atoms with E-state index in [1.54, 1.807) is 33.4 Å². The summed E-state index contributed by atoms with van der Waals surface area (Å²) in [5.41, 5.74) is 23.4. The third-order valence-electron chi connectivity index (χ3n) is 22.8. The van der Waals surface area contributed by atoms with Crippen molar-refractivity contribution in [3.63, 3.8) is 0 Å². The van der Waals surface area contributed by atoms with Crippen LogP contribution in [0.5, 0.6) is 0 Å². The van der Waals surface area contributed by atoms with Gasteiger partial charge in [-0.2, -0.15) is 0 Å². The van der Waals surface area contributed by atoms with Gasteiger partial charge in [0.15, 0.2) is 0 Å². The number of benzene rings is 4. The molecule has 10 fully saturated rings. The predicted molar refractivity (Wildman–Crippen MR) is 312 cm³/mol. The van der Waals surface area contributed by atoms with Crippen LogP contribution in [0.15, 0.2) is 83.9 Å². The molecule has 2 unspecified atom stereocenters. The minimum absolute atomic E-state index is 0. The molecule has 4 aromatic rings. The molecule has 4 aromatic carbocycles. The molecule has 0 heterocycles. The fourth-order valence-corrected chi connectivity index (χ4v) is 40.7. The maximum Gasteiger partial charge on any atom is -0.147 e. The minimum Gasteiger partial charge on any atom is -0.147 e. The summed E-state index contributed by atoms with van der Waals surface area (Å²) in [5, 5.41) is 0. The normalized spacial score (nSPS) is 33.5. The SMILES string of the molecule is Cc1cc(-c2ccc(C34CC5CC(CC(C5)C3)C4)cc2)c2c(c1)[CH]([Zr]([CH3])([CH3])(=[SiH2])[CH]1C(CC3CCCCC3)=Cc3c(-c4ccc(C56CC7CC(CC(C7)C5)C6)cc4)cc(C)cc31)C(CC1CCCCC1)=C2.Cl.Cl. The van der Waals surface area contributed by atoms with Crippen LogP contribution in [0.4, 0.5) is 0 Å². The van der Waals surface area contributed by atoms with Gasteiger partial charge in [0.2, 0.25) is 0 Å². The largest absolute Gasteiger partial charge is 0.147 e. The van der Waals surface area contributed by atoms with Crippen molar-refractivity contribution in [2.75, 3.05) is 0 Å². The number of hydrogen-bond acceptors (Lipinski definition) is 0. The minimum atomic E-state index is -3.98. The van der Waals surface area contributed by atoms with Gasteiger partial charge in [0.25, 0.3) is 0 Å². The van der Waals surface area contributed by atoms with Gasteiger partial charge < -0.3 is 0 Å². The third-order valence-corrected chi connectivity index (χ3v) is 40.3. The Morgan fingerprint density at radius 1 is 0.458 bits per heavy atom. The predicted octanol–water partition coefficient (Wildman–Crippen LogP) is 19.3. The number of hydrogen-bond donors (Lipinski definition) is 0. The van der Waals surface area contributed by atoms with E-state index in [1.807, 2.05) is 11.1 Å². The number of allylic oxidation sites excluding steroid dienone is 2. The molecule has 72 heavy (non-hydrogen) atoms. The molecule has 0 radical (unpaired) electrons. The number of aryl methyl sites for hydroxylation is 2. The van der Waals surface area contributed by atoms with Gasteiger partial charge in [0.05, 0.1) is 0 Å². The number of fused-ring (bicyclic) bond motifs is 2. The fraction of sp³-hybridized carbons (Fsp3) is 0.588. The Morgan fingerprint density at radius 3 is 1.10 bits per heavy atom. The summed E-state index contributed by atoms with van der Waals surface area (Å²) in [7, 11) is 0. The topological polar surface area (TPSA) is 0 Å². The molecule has 2 atom stereocenters. The van der Waals surface area contributed by atoms with Crippen molar-refractivity contribution in [2.24, 2.45) is 47.3 Å². The molecule has 0 N–H and O–H groups in total. The zero-order chi connectivity index (χ0) is 47.2. The molecule has 0 spiro atoms. The molecular weight excluding hydrogens is 1010 g/mol. The second-order valence-corrected chi connectivity index (χ2v) is 59.3. The zero-order valence-electron chi connectivity index (χ0n) is 44.9. The Kier molecular flexibility index (Phi) is 13.3. The van der Waals surface area contributed by atoms with Crippen LogP contribution in [-0.4, -0.2) is 6.88 Å². The van der Waals surface area contributed by atoms with Crippen molar-refractivity contribution in [1.29, 1.82) is 0 Å². The molecule has 12 aliphatic rings. The van der Waals surface area contributed by atoms with E-state index in [4.69, 9.17) is 0 Å². The first kappa shape index (κ1) is 50.8. The summed E-state index contributed by atoms with van der Waals surface area (Å²) in [6.07, 6.45) is 40.4. The summed E-state index contributed by atoms with van der Waals surface area (Å²) in [6.45, 7) is 7.50. The van der Waals surface area contributed by atoms with Gasteiger partial charge in [-0.15, -0.1) is 24.8 Å². The van der Waals surface area contributed by atoms with Gasteiger partial charge in [-0.1, -0.05) is 0 Å². The molecule has 0 aromatic heterocycles. The molecule has 0 amide bonds. The molecule has 382 valence electrons. The zero-order valence-corrected chi connectivity index (χ0v) is 50.4. The average Bonchev–Trinajstić information content (AvgIpc) is 3.90. The van der Waals surface area contributed by atoms with E-state index >= 15 is 0 Å². The van der Waals surface area contributed by atoms with Crippen LogP contribution in [0.2, 0.25) is 9.26 Å². The second kappa shape index (κ2) is 18.9. The Morgan fingerprint density at radius 2 is 0.778 bits per heavy atom. The van der Waals surface area contributed by atoms with Crippen LogP contribution < -0.4 is 0 Å². The quantitative estimate of drug-likeness (QED) is 0.139. The van der Waals surface area contributed by atoms with Crippen molar-refractivity contribution < 1.29 is 17.4 Å². The summed E-state index contributed by atoms with van der Waals surface area (Å²) in [5.74, 6) is 7.55. The molecule has 12 aliphatic carbocycles. The Labute approximate surface area is 450 Å². The van der Waals surface area contributed by atoms with E-state index < -0.39 is 17.4 Å². The smallest absolute Gasteiger partial charge is 0.147 e. The van der Waals surface area contributed by atoms with E-state index in [-0.39, 0.29) is 24.8 Å². The average molecular weight is 1100 g/mol. The first-order valence-electron chi connectivity index (χ1n) is 29.8. The molecule has 0 aliphatic heterocycles. The van der Waals surface area contributed by atoms with Crippen LogP contribution in [0.25, 0.3) is 34.4 Å². The van der Waals surface area contributed by atoms with Crippen LogP contribution in [0.3, 0.4) is 0 Å². The third kappa shape index (κ3) is 8.65. The van der Waals surface area contributed by atoms with Crippen molar-refractivity contribution in [3.05, 3.63) is 128 Å². The molecule has 8 bridgehead atoms. The van der Waals surface area contributed by atoms with E-state index in [0.29, 0.717) is 18.1 Å². The van der Waals surface area contributed by atoms with E-state index in [0.717, 1.165) is 47.3 Å². The van der Waals surface area contributed by atoms with Crippen LogP contribution in [0, 0.1) is 61.2 Å². The van der Waals surface area contributed by atoms with Gasteiger partial charge in [-0.25, -0.2) is 0 Å². The first-order chi connectivity index (χ1) is 33.8. The Bertz CT molecular complexity index is 2600. The Hall–Kier alpha value is -1.96. The summed E-state index contributed by atoms with van der Waals surface area (Å²) < 4.78 is 7.09. The number of rotatable bonds is 10. The molecule has 0 nitrogen and oxygen atoms in total. The van der Waals surface area contributed by atoms with Gasteiger partial charge >= 0.3 is 430 Å². The fourth-order valence-electron chi connectivity index (χ4n) is 21.0. The summed E-state index contributed by atoms with van der Waals surface area (Å²) in [4.78, 5) is 0.